The number of thiol groups is 1. The number of ether oxygens (including phenoxy) is 1. The Morgan fingerprint density at radius 3 is 2.58 bits per heavy atom. The molecule has 0 bridgehead atoms. The molecule has 1 aromatic heterocycles. The van der Waals surface area contributed by atoms with E-state index in [1.165, 1.54) is 12.1 Å². The summed E-state index contributed by atoms with van der Waals surface area (Å²) in [5.74, 6) is 0.217. The first kappa shape index (κ1) is 23.6. The van der Waals surface area contributed by atoms with Crippen molar-refractivity contribution in [3.8, 4) is 5.75 Å². The third kappa shape index (κ3) is 5.89. The van der Waals surface area contributed by atoms with Crippen LogP contribution in [0.2, 0.25) is 0 Å². The molecule has 1 saturated heterocycles. The number of hydrogen-bond acceptors (Lipinski definition) is 8. The minimum atomic E-state index is -2.48. The molecule has 1 N–H and O–H groups in total. The molecular weight excluding hydrogens is 452 g/mol. The number of fused-ring (bicyclic) bond motifs is 1. The van der Waals surface area contributed by atoms with Crippen LogP contribution in [0.4, 0.5) is 20.4 Å². The normalized spacial score (nSPS) is 17.5. The number of halogens is 2. The highest BCUT2D eigenvalue weighted by Gasteiger charge is 2.28. The monoisotopic (exact) mass is 481 g/mol. The maximum absolute atomic E-state index is 13.9. The van der Waals surface area contributed by atoms with Crippen LogP contribution < -0.4 is 15.0 Å². The van der Waals surface area contributed by atoms with Gasteiger partial charge in [0.1, 0.15) is 11.9 Å². The van der Waals surface area contributed by atoms with Gasteiger partial charge in [0.2, 0.25) is 0 Å². The molecule has 1 aromatic carbocycles. The van der Waals surface area contributed by atoms with E-state index in [4.69, 9.17) is 14.7 Å². The number of nitrogens with one attached hydrogen (secondary N) is 1. The molecule has 2 aromatic rings. The van der Waals surface area contributed by atoms with Crippen LogP contribution in [0, 0.1) is 11.6 Å². The summed E-state index contributed by atoms with van der Waals surface area (Å²) in [7, 11) is -2.48. The Hall–Kier alpha value is -2.53. The van der Waals surface area contributed by atoms with Crippen LogP contribution in [0.5, 0.6) is 5.75 Å². The van der Waals surface area contributed by atoms with Crippen molar-refractivity contribution in [3.63, 3.8) is 0 Å². The van der Waals surface area contributed by atoms with E-state index in [2.05, 4.69) is 10.2 Å². The average Bonchev–Trinajstić information content (AvgIpc) is 2.75. The second kappa shape index (κ2) is 10.2. The smallest absolute Gasteiger partial charge is 0.172 e. The van der Waals surface area contributed by atoms with Gasteiger partial charge < -0.3 is 15.0 Å². The number of hydrogen-bond donors (Lipinski definition) is 2. The molecule has 0 radical (unpaired) electrons. The molecule has 33 heavy (non-hydrogen) atoms. The lowest BCUT2D eigenvalue weighted by atomic mass is 10.1. The molecule has 2 aliphatic rings. The molecular formula is C22H29F2N5O3S. The predicted octanol–water partition coefficient (Wildman–Crippen LogP) is 2.55. The van der Waals surface area contributed by atoms with Crippen LogP contribution in [0.1, 0.15) is 38.1 Å². The summed E-state index contributed by atoms with van der Waals surface area (Å²) in [5.41, 5.74) is 1.69. The van der Waals surface area contributed by atoms with Crippen LogP contribution in [-0.2, 0) is 23.7 Å². The molecule has 0 aliphatic carbocycles. The third-order valence-electron chi connectivity index (χ3n) is 5.74. The summed E-state index contributed by atoms with van der Waals surface area (Å²) in [5, 5.41) is 3.37. The molecule has 0 unspecified atom stereocenters. The van der Waals surface area contributed by atoms with Crippen molar-refractivity contribution in [1.82, 2.24) is 14.9 Å². The lowest BCUT2D eigenvalue weighted by Crippen LogP contribution is -2.40. The zero-order valence-corrected chi connectivity index (χ0v) is 19.7. The van der Waals surface area contributed by atoms with Crippen LogP contribution >= 0.6 is 0 Å². The van der Waals surface area contributed by atoms with E-state index in [0.29, 0.717) is 51.3 Å². The number of nitrogens with zero attached hydrogens (tertiary/aromatic N) is 4. The van der Waals surface area contributed by atoms with Crippen molar-refractivity contribution >= 4 is 22.3 Å². The molecule has 0 saturated carbocycles. The van der Waals surface area contributed by atoms with Gasteiger partial charge in [0.05, 0.1) is 17.3 Å². The highest BCUT2D eigenvalue weighted by molar-refractivity contribution is 7.72. The first-order valence-electron chi connectivity index (χ1n) is 11.2. The van der Waals surface area contributed by atoms with Crippen molar-refractivity contribution < 1.29 is 21.9 Å². The van der Waals surface area contributed by atoms with Crippen molar-refractivity contribution in [2.45, 2.75) is 51.8 Å². The van der Waals surface area contributed by atoms with Gasteiger partial charge in [-0.2, -0.15) is 0 Å². The van der Waals surface area contributed by atoms with Gasteiger partial charge in [0.25, 0.3) is 0 Å². The number of anilines is 2. The summed E-state index contributed by atoms with van der Waals surface area (Å²) in [6, 6.07) is 3.49. The fourth-order valence-corrected chi connectivity index (χ4v) is 4.76. The van der Waals surface area contributed by atoms with Crippen molar-refractivity contribution in [2.24, 2.45) is 0 Å². The second-order valence-electron chi connectivity index (χ2n) is 8.74. The van der Waals surface area contributed by atoms with E-state index in [0.717, 1.165) is 23.3 Å². The zero-order valence-electron chi connectivity index (χ0n) is 18.8. The van der Waals surface area contributed by atoms with Crippen LogP contribution in [-0.4, -0.2) is 60.9 Å². The van der Waals surface area contributed by atoms with Gasteiger partial charge in [0, 0.05) is 57.5 Å². The van der Waals surface area contributed by atoms with Gasteiger partial charge in [0.15, 0.2) is 33.9 Å². The SMILES string of the molecule is CC(C)Nc1nc2c(nc1N1CCC(Oc3ccc(F)cc3F)CC1)CCN(C[SH](=O)=O)C2. The van der Waals surface area contributed by atoms with Gasteiger partial charge in [-0.1, -0.05) is 0 Å². The quantitative estimate of drug-likeness (QED) is 0.584. The molecule has 8 nitrogen and oxygen atoms in total. The zero-order chi connectivity index (χ0) is 23.5. The molecule has 0 atom stereocenters. The number of piperidine rings is 1. The second-order valence-corrected chi connectivity index (χ2v) is 9.69. The van der Waals surface area contributed by atoms with Gasteiger partial charge >= 0.3 is 0 Å². The minimum absolute atomic E-state index is 0.0211. The van der Waals surface area contributed by atoms with Gasteiger partial charge in [-0.05, 0) is 26.0 Å². The van der Waals surface area contributed by atoms with Crippen molar-refractivity contribution in [2.75, 3.05) is 35.7 Å². The lowest BCUT2D eigenvalue weighted by molar-refractivity contribution is 0.163. The average molecular weight is 482 g/mol. The van der Waals surface area contributed by atoms with E-state index in [9.17, 15) is 17.2 Å². The largest absolute Gasteiger partial charge is 0.487 e. The Bertz CT molecular complexity index is 1070. The fourth-order valence-electron chi connectivity index (χ4n) is 4.19. The maximum Gasteiger partial charge on any atom is 0.172 e. The first-order valence-corrected chi connectivity index (χ1v) is 12.5. The Kier molecular flexibility index (Phi) is 7.28. The van der Waals surface area contributed by atoms with E-state index < -0.39 is 22.3 Å². The Labute approximate surface area is 193 Å². The first-order chi connectivity index (χ1) is 15.8. The topological polar surface area (TPSA) is 87.7 Å². The third-order valence-corrected chi connectivity index (χ3v) is 6.37. The molecule has 0 amide bonds. The highest BCUT2D eigenvalue weighted by Crippen LogP contribution is 2.30. The molecule has 4 rings (SSSR count). The van der Waals surface area contributed by atoms with Crippen molar-refractivity contribution in [1.29, 1.82) is 0 Å². The number of benzene rings is 1. The minimum Gasteiger partial charge on any atom is -0.487 e. The highest BCUT2D eigenvalue weighted by atomic mass is 32.2. The van der Waals surface area contributed by atoms with Gasteiger partial charge in [-0.15, -0.1) is 0 Å². The van der Waals surface area contributed by atoms with Gasteiger partial charge in [-0.3, -0.25) is 4.90 Å². The van der Waals surface area contributed by atoms with Gasteiger partial charge in [-0.25, -0.2) is 27.2 Å². The Balaban J connectivity index is 1.48. The Morgan fingerprint density at radius 2 is 1.91 bits per heavy atom. The summed E-state index contributed by atoms with van der Waals surface area (Å²) < 4.78 is 55.1. The number of aromatic nitrogens is 2. The van der Waals surface area contributed by atoms with E-state index in [-0.39, 0.29) is 23.8 Å². The van der Waals surface area contributed by atoms with E-state index >= 15 is 0 Å². The molecule has 0 spiro atoms. The molecule has 11 heteroatoms. The standard InChI is InChI=1S/C22H29F2N5O3S/c1-14(2)25-21-22(27-18-7-8-28(13-33(30)31)12-19(18)26-21)29-9-5-16(6-10-29)32-20-4-3-15(23)11-17(20)24/h3-4,11,14,16,33H,5-10,12-13H2,1-2H3,(H,25,26). The summed E-state index contributed by atoms with van der Waals surface area (Å²) in [6.45, 7) is 6.46. The van der Waals surface area contributed by atoms with Crippen LogP contribution in [0.3, 0.4) is 0 Å². The molecule has 1 fully saturated rings. The van der Waals surface area contributed by atoms with Crippen LogP contribution in [0.15, 0.2) is 18.2 Å². The summed E-state index contributed by atoms with van der Waals surface area (Å²) in [4.78, 5) is 13.8. The molecule has 3 heterocycles. The van der Waals surface area contributed by atoms with E-state index in [1.54, 1.807) is 0 Å². The summed E-state index contributed by atoms with van der Waals surface area (Å²) >= 11 is 0. The maximum atomic E-state index is 13.9. The molecule has 180 valence electrons. The summed E-state index contributed by atoms with van der Waals surface area (Å²) in [6.07, 6.45) is 1.81. The fraction of sp³-hybridized carbons (Fsp3) is 0.545. The van der Waals surface area contributed by atoms with E-state index in [1.807, 2.05) is 18.7 Å². The Morgan fingerprint density at radius 1 is 1.15 bits per heavy atom. The molecule has 2 aliphatic heterocycles. The number of rotatable bonds is 7. The predicted molar refractivity (Wildman–Crippen MR) is 122 cm³/mol. The van der Waals surface area contributed by atoms with Crippen molar-refractivity contribution in [3.05, 3.63) is 41.2 Å². The van der Waals surface area contributed by atoms with Crippen LogP contribution in [0.25, 0.3) is 0 Å². The lowest BCUT2D eigenvalue weighted by Gasteiger charge is -2.35.